The molecule has 1 aliphatic carbocycles. The number of benzene rings is 1. The van der Waals surface area contributed by atoms with Crippen LogP contribution in [0.4, 0.5) is 5.82 Å². The Morgan fingerprint density at radius 3 is 2.59 bits per heavy atom. The number of anilines is 1. The fourth-order valence-corrected chi connectivity index (χ4v) is 5.75. The van der Waals surface area contributed by atoms with Gasteiger partial charge in [-0.05, 0) is 55.7 Å². The van der Waals surface area contributed by atoms with Crippen molar-refractivity contribution in [2.24, 2.45) is 0 Å². The van der Waals surface area contributed by atoms with E-state index in [2.05, 4.69) is 44.9 Å². The molecule has 2 aromatic rings. The van der Waals surface area contributed by atoms with Gasteiger partial charge in [-0.15, -0.1) is 0 Å². The van der Waals surface area contributed by atoms with Crippen molar-refractivity contribution in [3.8, 4) is 6.07 Å². The first-order valence-corrected chi connectivity index (χ1v) is 13.1. The van der Waals surface area contributed by atoms with E-state index in [1.54, 1.807) is 18.3 Å². The second-order valence-electron chi connectivity index (χ2n) is 8.78. The topological polar surface area (TPSA) is 95.3 Å². The lowest BCUT2D eigenvalue weighted by Gasteiger charge is -2.33. The molecule has 0 amide bonds. The second kappa shape index (κ2) is 9.99. The second-order valence-corrected chi connectivity index (χ2v) is 10.6. The molecular weight excluding hydrogens is 424 g/mol. The fraction of sp³-hybridized carbons (Fsp3) is 0.500. The van der Waals surface area contributed by atoms with Crippen molar-refractivity contribution in [1.82, 2.24) is 9.71 Å². The van der Waals surface area contributed by atoms with E-state index in [4.69, 9.17) is 4.74 Å². The third kappa shape index (κ3) is 5.66. The van der Waals surface area contributed by atoms with Crippen LogP contribution in [0, 0.1) is 11.3 Å². The maximum absolute atomic E-state index is 11.9. The molecule has 7 nitrogen and oxygen atoms in total. The minimum absolute atomic E-state index is 0.169. The number of nitrogens with zero attached hydrogens (tertiary/aromatic N) is 3. The van der Waals surface area contributed by atoms with Crippen molar-refractivity contribution in [2.45, 2.75) is 56.2 Å². The molecule has 1 saturated heterocycles. The summed E-state index contributed by atoms with van der Waals surface area (Å²) in [6.07, 6.45) is 7.84. The van der Waals surface area contributed by atoms with Gasteiger partial charge in [0.05, 0.1) is 36.6 Å². The van der Waals surface area contributed by atoms with Crippen molar-refractivity contribution < 1.29 is 13.2 Å². The Kier molecular flexibility index (Phi) is 7.09. The Balaban J connectivity index is 1.41. The lowest BCUT2D eigenvalue weighted by molar-refractivity contribution is 0.0156. The zero-order valence-electron chi connectivity index (χ0n) is 18.4. The third-order valence-electron chi connectivity index (χ3n) is 6.53. The molecule has 1 aromatic carbocycles. The first-order valence-electron chi connectivity index (χ1n) is 11.2. The van der Waals surface area contributed by atoms with Gasteiger partial charge in [-0.2, -0.15) is 5.26 Å². The van der Waals surface area contributed by atoms with E-state index < -0.39 is 10.0 Å². The van der Waals surface area contributed by atoms with E-state index in [0.29, 0.717) is 36.9 Å². The van der Waals surface area contributed by atoms with Crippen LogP contribution in [0.1, 0.15) is 49.1 Å². The number of hydrogen-bond acceptors (Lipinski definition) is 6. The van der Waals surface area contributed by atoms with E-state index in [9.17, 15) is 13.7 Å². The number of aromatic nitrogens is 1. The van der Waals surface area contributed by atoms with Gasteiger partial charge >= 0.3 is 0 Å². The Bertz CT molecular complexity index is 1050. The highest BCUT2D eigenvalue weighted by atomic mass is 32.2. The van der Waals surface area contributed by atoms with Gasteiger partial charge in [-0.1, -0.05) is 30.3 Å². The molecule has 1 aromatic heterocycles. The average molecular weight is 455 g/mol. The van der Waals surface area contributed by atoms with E-state index in [1.807, 2.05) is 6.07 Å². The Hall–Kier alpha value is -2.47. The molecule has 2 aliphatic rings. The zero-order chi connectivity index (χ0) is 22.6. The summed E-state index contributed by atoms with van der Waals surface area (Å²) in [5.41, 5.74) is 1.93. The first-order chi connectivity index (χ1) is 15.4. The number of nitriles is 1. The number of rotatable bonds is 7. The molecule has 1 aliphatic heterocycles. The first kappa shape index (κ1) is 22.7. The SMILES string of the molecule is CS(=O)(=O)N[C@H]1CCN(c2cc(C#N)ccn2)[C@H]1CO[C@H]1CC[C@@H](c2ccccc2)CC1. The summed E-state index contributed by atoms with van der Waals surface area (Å²) in [4.78, 5) is 6.50. The van der Waals surface area contributed by atoms with Gasteiger partial charge < -0.3 is 9.64 Å². The lowest BCUT2D eigenvalue weighted by Crippen LogP contribution is -2.48. The van der Waals surface area contributed by atoms with Crippen LogP contribution in [0.15, 0.2) is 48.7 Å². The largest absolute Gasteiger partial charge is 0.376 e. The van der Waals surface area contributed by atoms with Crippen LogP contribution in [0.3, 0.4) is 0 Å². The summed E-state index contributed by atoms with van der Waals surface area (Å²) in [5, 5.41) is 9.24. The third-order valence-corrected chi connectivity index (χ3v) is 7.26. The maximum atomic E-state index is 11.9. The molecule has 0 bridgehead atoms. The normalized spacial score (nSPS) is 26.1. The van der Waals surface area contributed by atoms with Crippen LogP contribution < -0.4 is 9.62 Å². The van der Waals surface area contributed by atoms with Crippen molar-refractivity contribution >= 4 is 15.8 Å². The van der Waals surface area contributed by atoms with Gasteiger partial charge in [-0.25, -0.2) is 18.1 Å². The van der Waals surface area contributed by atoms with Crippen molar-refractivity contribution in [2.75, 3.05) is 24.3 Å². The summed E-state index contributed by atoms with van der Waals surface area (Å²) in [6.45, 7) is 1.08. The lowest BCUT2D eigenvalue weighted by atomic mass is 9.83. The van der Waals surface area contributed by atoms with Crippen LogP contribution in [0.5, 0.6) is 0 Å². The van der Waals surface area contributed by atoms with Crippen LogP contribution in [-0.4, -0.2) is 51.0 Å². The minimum atomic E-state index is -3.34. The molecule has 32 heavy (non-hydrogen) atoms. The number of hydrogen-bond donors (Lipinski definition) is 1. The molecule has 8 heteroatoms. The van der Waals surface area contributed by atoms with Crippen LogP contribution in [0.25, 0.3) is 0 Å². The van der Waals surface area contributed by atoms with E-state index in [0.717, 1.165) is 25.7 Å². The highest BCUT2D eigenvalue weighted by molar-refractivity contribution is 7.88. The standard InChI is InChI=1S/C24H30N4O3S/c1-32(29,30)27-22-12-14-28(24-15-18(16-25)11-13-26-24)23(22)17-31-21-9-7-20(8-10-21)19-5-3-2-4-6-19/h2-6,11,13,15,20-23,27H,7-10,12,14,17H2,1H3/t20-,21+,22-,23-/m0/s1. The average Bonchev–Trinajstić information content (AvgIpc) is 3.19. The van der Waals surface area contributed by atoms with Crippen LogP contribution in [-0.2, 0) is 14.8 Å². The van der Waals surface area contributed by atoms with Crippen molar-refractivity contribution in [3.63, 3.8) is 0 Å². The minimum Gasteiger partial charge on any atom is -0.376 e. The summed E-state index contributed by atoms with van der Waals surface area (Å²) >= 11 is 0. The Labute approximate surface area is 190 Å². The summed E-state index contributed by atoms with van der Waals surface area (Å²) in [5.74, 6) is 1.26. The monoisotopic (exact) mass is 454 g/mol. The highest BCUT2D eigenvalue weighted by Crippen LogP contribution is 2.34. The number of nitrogens with one attached hydrogen (secondary N) is 1. The molecule has 170 valence electrons. The fourth-order valence-electron chi connectivity index (χ4n) is 4.92. The summed E-state index contributed by atoms with van der Waals surface area (Å²) in [7, 11) is -3.34. The predicted molar refractivity (Wildman–Crippen MR) is 124 cm³/mol. The van der Waals surface area contributed by atoms with Gasteiger partial charge in [-0.3, -0.25) is 0 Å². The number of sulfonamides is 1. The molecule has 2 heterocycles. The number of pyridine rings is 1. The van der Waals surface area contributed by atoms with E-state index in [-0.39, 0.29) is 18.2 Å². The Morgan fingerprint density at radius 2 is 1.91 bits per heavy atom. The molecule has 1 saturated carbocycles. The molecular formula is C24H30N4O3S. The molecule has 1 N–H and O–H groups in total. The smallest absolute Gasteiger partial charge is 0.209 e. The Morgan fingerprint density at radius 1 is 1.16 bits per heavy atom. The molecule has 2 atom stereocenters. The van der Waals surface area contributed by atoms with Gasteiger partial charge in [0.2, 0.25) is 10.0 Å². The van der Waals surface area contributed by atoms with Gasteiger partial charge in [0.15, 0.2) is 0 Å². The molecule has 2 fully saturated rings. The summed E-state index contributed by atoms with van der Waals surface area (Å²) in [6, 6.07) is 15.8. The van der Waals surface area contributed by atoms with Gasteiger partial charge in [0.1, 0.15) is 5.82 Å². The number of ether oxygens (including phenoxy) is 1. The summed E-state index contributed by atoms with van der Waals surface area (Å²) < 4.78 is 33.0. The van der Waals surface area contributed by atoms with E-state index in [1.165, 1.54) is 11.8 Å². The molecule has 0 radical (unpaired) electrons. The van der Waals surface area contributed by atoms with Gasteiger partial charge in [0.25, 0.3) is 0 Å². The zero-order valence-corrected chi connectivity index (χ0v) is 19.2. The quantitative estimate of drug-likeness (QED) is 0.690. The van der Waals surface area contributed by atoms with Crippen LogP contribution in [0.2, 0.25) is 0 Å². The molecule has 0 spiro atoms. The van der Waals surface area contributed by atoms with E-state index >= 15 is 0 Å². The van der Waals surface area contributed by atoms with Crippen LogP contribution >= 0.6 is 0 Å². The highest BCUT2D eigenvalue weighted by Gasteiger charge is 2.37. The maximum Gasteiger partial charge on any atom is 0.209 e. The molecule has 0 unspecified atom stereocenters. The van der Waals surface area contributed by atoms with Gasteiger partial charge in [0, 0.05) is 18.8 Å². The van der Waals surface area contributed by atoms with Crippen molar-refractivity contribution in [3.05, 3.63) is 59.8 Å². The predicted octanol–water partition coefficient (Wildman–Crippen LogP) is 3.19. The van der Waals surface area contributed by atoms with Crippen molar-refractivity contribution in [1.29, 1.82) is 5.26 Å². The molecule has 4 rings (SSSR count).